The number of halogens is 1. The lowest BCUT2D eigenvalue weighted by atomic mass is 10.1. The minimum Gasteiger partial charge on any atom is -0.454 e. The highest BCUT2D eigenvalue weighted by atomic mass is 35.5. The van der Waals surface area contributed by atoms with Crippen LogP contribution >= 0.6 is 11.6 Å². The first kappa shape index (κ1) is 21.4. The van der Waals surface area contributed by atoms with Crippen molar-refractivity contribution in [3.63, 3.8) is 0 Å². The van der Waals surface area contributed by atoms with Crippen molar-refractivity contribution in [1.29, 1.82) is 0 Å². The Morgan fingerprint density at radius 3 is 2.45 bits per heavy atom. The molecule has 0 bridgehead atoms. The largest absolute Gasteiger partial charge is 0.454 e. The zero-order valence-corrected chi connectivity index (χ0v) is 19.1. The van der Waals surface area contributed by atoms with E-state index >= 15 is 0 Å². The molecule has 0 unspecified atom stereocenters. The van der Waals surface area contributed by atoms with Gasteiger partial charge in [-0.05, 0) is 61.0 Å². The number of oxazole rings is 1. The minimum absolute atomic E-state index is 0.0539. The summed E-state index contributed by atoms with van der Waals surface area (Å²) < 4.78 is 43.4. The third-order valence-corrected chi connectivity index (χ3v) is 7.09. The van der Waals surface area contributed by atoms with Gasteiger partial charge in [0.1, 0.15) is 0 Å². The SMILES string of the molecule is Cc1ccc(-c2nc(S(=O)(=O)c3ccc(Cl)cc3)c(NCc3ccc4c(c3)OCO4)o2)cc1. The van der Waals surface area contributed by atoms with Gasteiger partial charge in [-0.1, -0.05) is 35.4 Å². The third-order valence-electron chi connectivity index (χ3n) is 5.16. The van der Waals surface area contributed by atoms with Gasteiger partial charge in [0.25, 0.3) is 0 Å². The maximum atomic E-state index is 13.4. The Bertz CT molecular complexity index is 1410. The topological polar surface area (TPSA) is 90.7 Å². The number of nitrogens with zero attached hydrogens (tertiary/aromatic N) is 1. The minimum atomic E-state index is -3.97. The van der Waals surface area contributed by atoms with E-state index < -0.39 is 9.84 Å². The molecule has 0 radical (unpaired) electrons. The molecule has 5 rings (SSSR count). The molecule has 1 aromatic heterocycles. The molecule has 7 nitrogen and oxygen atoms in total. The number of aryl methyl sites for hydroxylation is 1. The molecule has 0 aliphatic carbocycles. The fraction of sp³-hybridized carbons (Fsp3) is 0.125. The molecule has 3 aromatic carbocycles. The van der Waals surface area contributed by atoms with Crippen LogP contribution in [0, 0.1) is 6.92 Å². The Labute approximate surface area is 195 Å². The molecular formula is C24H19ClN2O5S. The van der Waals surface area contributed by atoms with E-state index in [9.17, 15) is 8.42 Å². The van der Waals surface area contributed by atoms with E-state index in [4.69, 9.17) is 25.5 Å². The first-order valence-electron chi connectivity index (χ1n) is 10.1. The van der Waals surface area contributed by atoms with Crippen LogP contribution in [0.5, 0.6) is 11.5 Å². The van der Waals surface area contributed by atoms with Crippen LogP contribution in [-0.2, 0) is 16.4 Å². The van der Waals surface area contributed by atoms with Gasteiger partial charge in [-0.15, -0.1) is 0 Å². The molecule has 0 saturated heterocycles. The Balaban J connectivity index is 1.52. The zero-order valence-electron chi connectivity index (χ0n) is 17.5. The Kier molecular flexibility index (Phi) is 5.47. The maximum absolute atomic E-state index is 13.4. The molecule has 1 aliphatic heterocycles. The summed E-state index contributed by atoms with van der Waals surface area (Å²) in [6.45, 7) is 2.44. The molecule has 0 fully saturated rings. The summed E-state index contributed by atoms with van der Waals surface area (Å²) in [5, 5.41) is 3.33. The molecule has 0 spiro atoms. The first-order chi connectivity index (χ1) is 15.9. The Morgan fingerprint density at radius 2 is 1.70 bits per heavy atom. The molecule has 0 atom stereocenters. The van der Waals surface area contributed by atoms with E-state index in [-0.39, 0.29) is 28.5 Å². The number of aromatic nitrogens is 1. The smallest absolute Gasteiger partial charge is 0.234 e. The second-order valence-corrected chi connectivity index (χ2v) is 9.82. The number of nitrogens with one attached hydrogen (secondary N) is 1. The number of rotatable bonds is 6. The average Bonchev–Trinajstić information content (AvgIpc) is 3.45. The number of fused-ring (bicyclic) bond motifs is 1. The van der Waals surface area contributed by atoms with Crippen LogP contribution in [0.15, 0.2) is 81.1 Å². The molecule has 1 aliphatic rings. The van der Waals surface area contributed by atoms with Gasteiger partial charge in [-0.2, -0.15) is 4.98 Å². The van der Waals surface area contributed by atoms with Gasteiger partial charge in [0.2, 0.25) is 33.4 Å². The molecular weight excluding hydrogens is 464 g/mol. The van der Waals surface area contributed by atoms with Crippen LogP contribution in [0.4, 0.5) is 5.88 Å². The van der Waals surface area contributed by atoms with E-state index in [1.54, 1.807) is 0 Å². The van der Waals surface area contributed by atoms with Gasteiger partial charge in [-0.3, -0.25) is 0 Å². The van der Waals surface area contributed by atoms with Gasteiger partial charge in [0.05, 0.1) is 4.90 Å². The Hall–Kier alpha value is -3.49. The summed E-state index contributed by atoms with van der Waals surface area (Å²) in [6.07, 6.45) is 0. The Morgan fingerprint density at radius 1 is 0.970 bits per heavy atom. The lowest BCUT2D eigenvalue weighted by Crippen LogP contribution is -2.07. The third kappa shape index (κ3) is 4.27. The molecule has 1 N–H and O–H groups in total. The van der Waals surface area contributed by atoms with Gasteiger partial charge in [0, 0.05) is 17.1 Å². The summed E-state index contributed by atoms with van der Waals surface area (Å²) in [4.78, 5) is 4.43. The standard InChI is InChI=1S/C24H19ClN2O5S/c1-15-2-5-17(6-3-15)22-27-24(33(28,29)19-9-7-18(25)8-10-19)23(32-22)26-13-16-4-11-20-21(12-16)31-14-30-20/h2-12,26H,13-14H2,1H3. The van der Waals surface area contributed by atoms with Gasteiger partial charge >= 0.3 is 0 Å². The number of hydrogen-bond donors (Lipinski definition) is 1. The maximum Gasteiger partial charge on any atom is 0.234 e. The highest BCUT2D eigenvalue weighted by Crippen LogP contribution is 2.35. The lowest BCUT2D eigenvalue weighted by Gasteiger charge is -2.07. The van der Waals surface area contributed by atoms with E-state index in [2.05, 4.69) is 10.3 Å². The van der Waals surface area contributed by atoms with E-state index in [0.29, 0.717) is 28.6 Å². The van der Waals surface area contributed by atoms with Crippen molar-refractivity contribution in [2.75, 3.05) is 12.1 Å². The monoisotopic (exact) mass is 482 g/mol. The van der Waals surface area contributed by atoms with Crippen molar-refractivity contribution in [3.8, 4) is 23.0 Å². The zero-order chi connectivity index (χ0) is 23.0. The predicted octanol–water partition coefficient (Wildman–Crippen LogP) is 5.48. The van der Waals surface area contributed by atoms with Crippen LogP contribution in [0.1, 0.15) is 11.1 Å². The van der Waals surface area contributed by atoms with Crippen LogP contribution < -0.4 is 14.8 Å². The summed E-state index contributed by atoms with van der Waals surface area (Å²) in [7, 11) is -3.97. The van der Waals surface area contributed by atoms with Gasteiger partial charge < -0.3 is 19.2 Å². The van der Waals surface area contributed by atoms with Crippen molar-refractivity contribution in [1.82, 2.24) is 4.98 Å². The van der Waals surface area contributed by atoms with E-state index in [0.717, 1.165) is 11.1 Å². The average molecular weight is 483 g/mol. The van der Waals surface area contributed by atoms with Crippen molar-refractivity contribution >= 4 is 27.3 Å². The van der Waals surface area contributed by atoms with E-state index in [1.165, 1.54) is 24.3 Å². The number of sulfone groups is 1. The van der Waals surface area contributed by atoms with Crippen LogP contribution in [0.3, 0.4) is 0 Å². The van der Waals surface area contributed by atoms with Crippen molar-refractivity contribution < 1.29 is 22.3 Å². The molecule has 0 saturated carbocycles. The normalized spacial score (nSPS) is 12.7. The number of hydrogen-bond acceptors (Lipinski definition) is 7. The van der Waals surface area contributed by atoms with Crippen LogP contribution in [0.25, 0.3) is 11.5 Å². The van der Waals surface area contributed by atoms with Crippen LogP contribution in [0.2, 0.25) is 5.02 Å². The molecule has 2 heterocycles. The van der Waals surface area contributed by atoms with Crippen molar-refractivity contribution in [3.05, 3.63) is 82.9 Å². The summed E-state index contributed by atoms with van der Waals surface area (Å²) in [5.74, 6) is 1.57. The summed E-state index contributed by atoms with van der Waals surface area (Å²) >= 11 is 5.93. The summed E-state index contributed by atoms with van der Waals surface area (Å²) in [5.41, 5.74) is 2.60. The lowest BCUT2D eigenvalue weighted by molar-refractivity contribution is 0.174. The van der Waals surface area contributed by atoms with E-state index in [1.807, 2.05) is 49.4 Å². The summed E-state index contributed by atoms with van der Waals surface area (Å²) in [6, 6.07) is 18.9. The number of benzene rings is 3. The second-order valence-electron chi connectivity index (χ2n) is 7.52. The first-order valence-corrected chi connectivity index (χ1v) is 12.0. The van der Waals surface area contributed by atoms with Crippen LogP contribution in [-0.4, -0.2) is 20.2 Å². The highest BCUT2D eigenvalue weighted by Gasteiger charge is 2.28. The fourth-order valence-corrected chi connectivity index (χ4v) is 4.78. The molecule has 9 heteroatoms. The number of ether oxygens (including phenoxy) is 2. The van der Waals surface area contributed by atoms with Crippen molar-refractivity contribution in [2.24, 2.45) is 0 Å². The predicted molar refractivity (Wildman–Crippen MR) is 123 cm³/mol. The number of anilines is 1. The molecule has 33 heavy (non-hydrogen) atoms. The fourth-order valence-electron chi connectivity index (χ4n) is 3.38. The molecule has 4 aromatic rings. The van der Waals surface area contributed by atoms with Crippen molar-refractivity contribution in [2.45, 2.75) is 23.4 Å². The quantitative estimate of drug-likeness (QED) is 0.389. The molecule has 168 valence electrons. The highest BCUT2D eigenvalue weighted by molar-refractivity contribution is 7.91. The van der Waals surface area contributed by atoms with Gasteiger partial charge in [0.15, 0.2) is 11.5 Å². The molecule has 0 amide bonds. The van der Waals surface area contributed by atoms with Gasteiger partial charge in [-0.25, -0.2) is 8.42 Å². The second kappa shape index (κ2) is 8.46.